The van der Waals surface area contributed by atoms with E-state index in [4.69, 9.17) is 5.73 Å². The van der Waals surface area contributed by atoms with Crippen molar-refractivity contribution in [1.29, 1.82) is 0 Å². The molecule has 0 unspecified atom stereocenters. The zero-order chi connectivity index (χ0) is 14.0. The third-order valence-corrected chi connectivity index (χ3v) is 4.05. The third-order valence-electron chi connectivity index (χ3n) is 4.05. The van der Waals surface area contributed by atoms with E-state index in [9.17, 15) is 4.79 Å². The minimum atomic E-state index is -0.0951. The molecule has 19 heavy (non-hydrogen) atoms. The van der Waals surface area contributed by atoms with E-state index in [-0.39, 0.29) is 5.91 Å². The number of nitrogens with two attached hydrogens (primary N) is 1. The molecule has 1 aliphatic carbocycles. The number of aryl methyl sites for hydroxylation is 2. The Kier molecular flexibility index (Phi) is 3.83. The molecule has 5 heteroatoms. The van der Waals surface area contributed by atoms with Gasteiger partial charge in [-0.15, -0.1) is 0 Å². The summed E-state index contributed by atoms with van der Waals surface area (Å²) < 4.78 is 1.68. The molecular formula is C14H24N4O. The second-order valence-electron chi connectivity index (χ2n) is 5.60. The van der Waals surface area contributed by atoms with E-state index in [0.717, 1.165) is 12.2 Å². The lowest BCUT2D eigenvalue weighted by Gasteiger charge is -2.15. The Hall–Kier alpha value is -1.52. The molecule has 3 N–H and O–H groups in total. The number of carbonyl (C=O) groups excluding carboxylic acids is 1. The molecule has 1 aliphatic rings. The van der Waals surface area contributed by atoms with Crippen LogP contribution < -0.4 is 11.1 Å². The highest BCUT2D eigenvalue weighted by molar-refractivity contribution is 5.98. The highest BCUT2D eigenvalue weighted by atomic mass is 16.2. The Morgan fingerprint density at radius 3 is 2.68 bits per heavy atom. The first-order chi connectivity index (χ1) is 9.03. The van der Waals surface area contributed by atoms with Crippen molar-refractivity contribution in [3.05, 3.63) is 11.4 Å². The number of nitrogens with zero attached hydrogens (tertiary/aromatic N) is 2. The molecule has 1 amide bonds. The Morgan fingerprint density at radius 1 is 1.47 bits per heavy atom. The van der Waals surface area contributed by atoms with Gasteiger partial charge in [-0.05, 0) is 38.5 Å². The van der Waals surface area contributed by atoms with E-state index in [1.54, 1.807) is 4.68 Å². The fourth-order valence-corrected chi connectivity index (χ4v) is 2.64. The topological polar surface area (TPSA) is 72.9 Å². The van der Waals surface area contributed by atoms with Crippen molar-refractivity contribution in [3.63, 3.8) is 0 Å². The maximum absolute atomic E-state index is 12.3. The fraction of sp³-hybridized carbons (Fsp3) is 0.714. The number of aromatic nitrogens is 2. The van der Waals surface area contributed by atoms with Crippen LogP contribution in [0.5, 0.6) is 0 Å². The van der Waals surface area contributed by atoms with Crippen LogP contribution in [0.2, 0.25) is 0 Å². The van der Waals surface area contributed by atoms with Crippen molar-refractivity contribution in [3.8, 4) is 0 Å². The summed E-state index contributed by atoms with van der Waals surface area (Å²) in [5, 5.41) is 7.31. The lowest BCUT2D eigenvalue weighted by molar-refractivity contribution is 0.0934. The van der Waals surface area contributed by atoms with Gasteiger partial charge in [-0.3, -0.25) is 9.48 Å². The first-order valence-electron chi connectivity index (χ1n) is 7.14. The zero-order valence-corrected chi connectivity index (χ0v) is 12.1. The van der Waals surface area contributed by atoms with E-state index in [0.29, 0.717) is 23.3 Å². The summed E-state index contributed by atoms with van der Waals surface area (Å²) in [5.41, 5.74) is 8.03. The SMILES string of the molecule is CCCC1(CNC(=O)c2c(N)c(C)nn2CC)CC1. The largest absolute Gasteiger partial charge is 0.395 e. The smallest absolute Gasteiger partial charge is 0.271 e. The van der Waals surface area contributed by atoms with Crippen molar-refractivity contribution in [2.24, 2.45) is 5.41 Å². The van der Waals surface area contributed by atoms with Crippen molar-refractivity contribution in [2.75, 3.05) is 12.3 Å². The molecule has 5 nitrogen and oxygen atoms in total. The van der Waals surface area contributed by atoms with E-state index >= 15 is 0 Å². The summed E-state index contributed by atoms with van der Waals surface area (Å²) in [6, 6.07) is 0. The molecule has 0 aliphatic heterocycles. The third kappa shape index (κ3) is 2.74. The van der Waals surface area contributed by atoms with Crippen LogP contribution in [-0.2, 0) is 6.54 Å². The van der Waals surface area contributed by atoms with Crippen LogP contribution in [-0.4, -0.2) is 22.2 Å². The van der Waals surface area contributed by atoms with E-state index < -0.39 is 0 Å². The van der Waals surface area contributed by atoms with Crippen molar-refractivity contribution in [1.82, 2.24) is 15.1 Å². The van der Waals surface area contributed by atoms with Gasteiger partial charge in [0.15, 0.2) is 0 Å². The van der Waals surface area contributed by atoms with E-state index in [1.807, 2.05) is 13.8 Å². The molecule has 0 saturated heterocycles. The molecule has 106 valence electrons. The molecule has 1 saturated carbocycles. The zero-order valence-electron chi connectivity index (χ0n) is 12.1. The molecule has 1 aromatic heterocycles. The van der Waals surface area contributed by atoms with Gasteiger partial charge in [0.2, 0.25) is 0 Å². The average Bonchev–Trinajstić information content (AvgIpc) is 3.09. The van der Waals surface area contributed by atoms with Crippen molar-refractivity contribution < 1.29 is 4.79 Å². The molecule has 1 aromatic rings. The second kappa shape index (κ2) is 5.23. The van der Waals surface area contributed by atoms with Gasteiger partial charge in [0.1, 0.15) is 5.69 Å². The number of hydrogen-bond acceptors (Lipinski definition) is 3. The predicted molar refractivity (Wildman–Crippen MR) is 76.0 cm³/mol. The van der Waals surface area contributed by atoms with Crippen LogP contribution in [0.1, 0.15) is 55.7 Å². The Morgan fingerprint density at radius 2 is 2.16 bits per heavy atom. The number of rotatable bonds is 6. The van der Waals surface area contributed by atoms with Crippen LogP contribution in [0, 0.1) is 12.3 Å². The molecule has 0 atom stereocenters. The van der Waals surface area contributed by atoms with Gasteiger partial charge >= 0.3 is 0 Å². The Bertz CT molecular complexity index is 474. The van der Waals surface area contributed by atoms with Gasteiger partial charge in [-0.2, -0.15) is 5.10 Å². The summed E-state index contributed by atoms with van der Waals surface area (Å²) in [5.74, 6) is -0.0951. The van der Waals surface area contributed by atoms with Gasteiger partial charge < -0.3 is 11.1 Å². The average molecular weight is 264 g/mol. The van der Waals surface area contributed by atoms with Gasteiger partial charge in [0.05, 0.1) is 11.4 Å². The van der Waals surface area contributed by atoms with Crippen LogP contribution in [0.25, 0.3) is 0 Å². The molecule has 0 bridgehead atoms. The monoisotopic (exact) mass is 264 g/mol. The first kappa shape index (κ1) is 13.9. The first-order valence-corrected chi connectivity index (χ1v) is 7.14. The molecule has 1 heterocycles. The number of amides is 1. The molecule has 0 aromatic carbocycles. The minimum Gasteiger partial charge on any atom is -0.395 e. The maximum Gasteiger partial charge on any atom is 0.271 e. The highest BCUT2D eigenvalue weighted by Crippen LogP contribution is 2.48. The number of hydrogen-bond donors (Lipinski definition) is 2. The summed E-state index contributed by atoms with van der Waals surface area (Å²) >= 11 is 0. The number of nitrogen functional groups attached to an aromatic ring is 1. The summed E-state index contributed by atoms with van der Waals surface area (Å²) in [7, 11) is 0. The van der Waals surface area contributed by atoms with Crippen LogP contribution >= 0.6 is 0 Å². The number of carbonyl (C=O) groups is 1. The Labute approximate surface area is 114 Å². The van der Waals surface area contributed by atoms with Crippen molar-refractivity contribution in [2.45, 2.75) is 53.0 Å². The fourth-order valence-electron chi connectivity index (χ4n) is 2.64. The minimum absolute atomic E-state index is 0.0951. The highest BCUT2D eigenvalue weighted by Gasteiger charge is 2.41. The predicted octanol–water partition coefficient (Wildman–Crippen LogP) is 2.10. The molecule has 0 spiro atoms. The molecular weight excluding hydrogens is 240 g/mol. The quantitative estimate of drug-likeness (QED) is 0.826. The molecule has 0 radical (unpaired) electrons. The van der Waals surface area contributed by atoms with Gasteiger partial charge in [0.25, 0.3) is 5.91 Å². The number of nitrogens with one attached hydrogen (secondary N) is 1. The van der Waals surface area contributed by atoms with Crippen LogP contribution in [0.4, 0.5) is 5.69 Å². The molecule has 1 fully saturated rings. The van der Waals surface area contributed by atoms with Gasteiger partial charge in [-0.1, -0.05) is 13.3 Å². The van der Waals surface area contributed by atoms with Gasteiger partial charge in [-0.25, -0.2) is 0 Å². The standard InChI is InChI=1S/C14H24N4O/c1-4-6-14(7-8-14)9-16-13(19)12-11(15)10(3)17-18(12)5-2/h4-9,15H2,1-3H3,(H,16,19). The maximum atomic E-state index is 12.3. The lowest BCUT2D eigenvalue weighted by Crippen LogP contribution is -2.32. The van der Waals surface area contributed by atoms with Gasteiger partial charge in [0, 0.05) is 13.1 Å². The van der Waals surface area contributed by atoms with Crippen LogP contribution in [0.3, 0.4) is 0 Å². The van der Waals surface area contributed by atoms with Crippen molar-refractivity contribution >= 4 is 11.6 Å². The van der Waals surface area contributed by atoms with Crippen LogP contribution in [0.15, 0.2) is 0 Å². The second-order valence-corrected chi connectivity index (χ2v) is 5.60. The van der Waals surface area contributed by atoms with E-state index in [2.05, 4.69) is 17.3 Å². The lowest BCUT2D eigenvalue weighted by atomic mass is 10.0. The summed E-state index contributed by atoms with van der Waals surface area (Å²) in [6.07, 6.45) is 4.81. The Balaban J connectivity index is 2.04. The van der Waals surface area contributed by atoms with E-state index in [1.165, 1.54) is 25.7 Å². The molecule has 2 rings (SSSR count). The normalized spacial score (nSPS) is 16.4. The summed E-state index contributed by atoms with van der Waals surface area (Å²) in [4.78, 5) is 12.3. The number of anilines is 1. The summed E-state index contributed by atoms with van der Waals surface area (Å²) in [6.45, 7) is 7.39.